The van der Waals surface area contributed by atoms with Crippen LogP contribution in [0.5, 0.6) is 0 Å². The average Bonchev–Trinajstić information content (AvgIpc) is 2.43. The van der Waals surface area contributed by atoms with E-state index < -0.39 is 37.5 Å². The molecule has 0 aliphatic carbocycles. The van der Waals surface area contributed by atoms with Gasteiger partial charge in [0, 0.05) is 0 Å². The maximum atomic E-state index is 9.68. The molecule has 0 aliphatic rings. The van der Waals surface area contributed by atoms with E-state index in [0.29, 0.717) is 0 Å². The van der Waals surface area contributed by atoms with Gasteiger partial charge >= 0.3 is 0 Å². The van der Waals surface area contributed by atoms with Crippen LogP contribution in [-0.2, 0) is 0 Å². The molecule has 4 atom stereocenters. The summed E-state index contributed by atoms with van der Waals surface area (Å²) in [4.78, 5) is 0. The van der Waals surface area contributed by atoms with Crippen molar-refractivity contribution in [2.75, 3.05) is 13.2 Å². The third kappa shape index (κ3) is 3.02. The lowest BCUT2D eigenvalue weighted by atomic mass is 10.0. The Bertz CT molecular complexity index is 331. The summed E-state index contributed by atoms with van der Waals surface area (Å²) in [5, 5.41) is 38.4. The summed E-state index contributed by atoms with van der Waals surface area (Å²) in [6.07, 6.45) is -13.7. The Morgan fingerprint density at radius 2 is 2.08 bits per heavy atom. The van der Waals surface area contributed by atoms with Gasteiger partial charge in [-0.3, -0.25) is 0 Å². The molecule has 74 valence electrons. The maximum Gasteiger partial charge on any atom is 0.211 e. The summed E-state index contributed by atoms with van der Waals surface area (Å²) in [6, 6.07) is 0. The molecule has 0 unspecified atom stereocenters. The molecule has 0 saturated heterocycles. The highest BCUT2D eigenvalue weighted by Crippen LogP contribution is 2.03. The monoisotopic (exact) mass is 190 g/mol. The Morgan fingerprint density at radius 1 is 1.33 bits per heavy atom. The quantitative estimate of drug-likeness (QED) is 0.235. The van der Waals surface area contributed by atoms with Crippen molar-refractivity contribution in [2.24, 2.45) is 0 Å². The zero-order valence-electron chi connectivity index (χ0n) is 13.9. The zero-order chi connectivity index (χ0) is 16.4. The van der Waals surface area contributed by atoms with Gasteiger partial charge in [-0.05, 0) is 0 Å². The van der Waals surface area contributed by atoms with Gasteiger partial charge in [0.15, 0.2) is 0 Å². The summed E-state index contributed by atoms with van der Waals surface area (Å²) in [5.41, 5.74) is 0. The van der Waals surface area contributed by atoms with Gasteiger partial charge in [0.2, 0.25) is 4.29 Å². The minimum absolute atomic E-state index is 1.30. The van der Waals surface area contributed by atoms with Crippen LogP contribution in [0.25, 0.3) is 0 Å². The smallest absolute Gasteiger partial charge is 0.211 e. The third-order valence-corrected chi connectivity index (χ3v) is 1.02. The fourth-order valence-corrected chi connectivity index (χ4v) is 0.400. The maximum absolute atomic E-state index is 9.68. The molecule has 0 heterocycles. The molecule has 0 aromatic heterocycles. The van der Waals surface area contributed by atoms with E-state index in [1.807, 2.05) is 0 Å². The fraction of sp³-hybridized carbons (Fsp3) is 1.00. The lowest BCUT2D eigenvalue weighted by molar-refractivity contribution is -0.123. The SMILES string of the molecule is [2H]OC([2H])([2H])[C@]([2H])(O[2H])[C@@]([2H])(O[2H])[C@]([2H])(O)[C@H](O)CO. The van der Waals surface area contributed by atoms with Crippen LogP contribution in [0.15, 0.2) is 0 Å². The van der Waals surface area contributed by atoms with Crippen molar-refractivity contribution in [2.45, 2.75) is 24.3 Å². The van der Waals surface area contributed by atoms with Gasteiger partial charge in [-0.25, -0.2) is 0 Å². The molecule has 0 bridgehead atoms. The fourth-order valence-electron chi connectivity index (χ4n) is 0.400. The van der Waals surface area contributed by atoms with Crippen molar-refractivity contribution in [1.29, 1.82) is 4.29 Å². The van der Waals surface area contributed by atoms with Gasteiger partial charge < -0.3 is 30.6 Å². The van der Waals surface area contributed by atoms with Crippen molar-refractivity contribution in [3.8, 4) is 0 Å². The van der Waals surface area contributed by atoms with E-state index in [0.717, 1.165) is 0 Å². The first-order chi connectivity index (χ1) is 8.91. The molecule has 0 saturated carbocycles. The molecule has 0 rings (SSSR count). The highest BCUT2D eigenvalue weighted by atomic mass is 16.4. The first-order valence-corrected chi connectivity index (χ1v) is 2.86. The lowest BCUT2D eigenvalue weighted by Gasteiger charge is -2.24. The normalized spacial score (nSPS) is 39.9. The van der Waals surface area contributed by atoms with Gasteiger partial charge in [-0.1, -0.05) is 0 Å². The number of aliphatic hydroxyl groups is 6. The van der Waals surface area contributed by atoms with Crippen LogP contribution in [0.4, 0.5) is 0 Å². The zero-order valence-corrected chi connectivity index (χ0v) is 5.85. The van der Waals surface area contributed by atoms with Crippen LogP contribution < -0.4 is 0 Å². The lowest BCUT2D eigenvalue weighted by Crippen LogP contribution is -2.46. The van der Waals surface area contributed by atoms with Crippen LogP contribution in [0.1, 0.15) is 6.85 Å². The van der Waals surface area contributed by atoms with E-state index in [4.69, 9.17) is 16.3 Å². The molecule has 6 nitrogen and oxygen atoms in total. The number of hydrogen-bond acceptors (Lipinski definition) is 6. The molecule has 0 amide bonds. The minimum Gasteiger partial charge on any atom is -0.394 e. The molecule has 6 heteroatoms. The Kier molecular flexibility index (Phi) is 1.75. The van der Waals surface area contributed by atoms with Gasteiger partial charge in [0.1, 0.15) is 24.3 Å². The second kappa shape index (κ2) is 5.41. The van der Waals surface area contributed by atoms with Crippen molar-refractivity contribution >= 4 is 0 Å². The van der Waals surface area contributed by atoms with Crippen LogP contribution >= 0.6 is 0 Å². The number of hydrogen-bond donors (Lipinski definition) is 6. The standard InChI is InChI=1S/C6H14O6/c7-1-3(9)5(11)6(12)4(10)2-8/h3-12H,1-2H2/t3-,4+,5-,6-/m1/s1/i1D2,3D,5D,6D,7D,9D,11D/t3-,4+,5+,6+/m0. The van der Waals surface area contributed by atoms with Crippen molar-refractivity contribution in [3.63, 3.8) is 0 Å². The summed E-state index contributed by atoms with van der Waals surface area (Å²) >= 11 is 0. The highest BCUT2D eigenvalue weighted by molar-refractivity contribution is 4.79. The van der Waals surface area contributed by atoms with E-state index in [-0.39, 0.29) is 0 Å². The molecule has 0 aliphatic heterocycles. The second-order valence-electron chi connectivity index (χ2n) is 1.84. The van der Waals surface area contributed by atoms with Gasteiger partial charge in [0.25, 0.3) is 0 Å². The van der Waals surface area contributed by atoms with E-state index in [2.05, 4.69) is 15.3 Å². The number of aliphatic hydroxyl groups excluding tert-OH is 2. The molecule has 0 radical (unpaired) electrons. The Morgan fingerprint density at radius 3 is 2.50 bits per heavy atom. The first-order valence-electron chi connectivity index (χ1n) is 6.58. The molecule has 0 fully saturated rings. The molecular formula is C6H14O6. The second-order valence-corrected chi connectivity index (χ2v) is 1.84. The van der Waals surface area contributed by atoms with E-state index in [1.54, 1.807) is 0 Å². The molecule has 12 heavy (non-hydrogen) atoms. The first kappa shape index (κ1) is 3.87. The van der Waals surface area contributed by atoms with E-state index in [1.165, 1.54) is 0 Å². The van der Waals surface area contributed by atoms with Crippen LogP contribution in [0.3, 0.4) is 0 Å². The summed E-state index contributed by atoms with van der Waals surface area (Å²) in [7, 11) is 0. The van der Waals surface area contributed by atoms with Gasteiger partial charge in [-0.15, -0.1) is 0 Å². The molecule has 0 spiro atoms. The average molecular weight is 190 g/mol. The van der Waals surface area contributed by atoms with Crippen LogP contribution in [0, 0.1) is 0 Å². The van der Waals surface area contributed by atoms with E-state index in [9.17, 15) is 10.2 Å². The van der Waals surface area contributed by atoms with Crippen molar-refractivity contribution in [1.82, 2.24) is 0 Å². The topological polar surface area (TPSA) is 121 Å². The third-order valence-electron chi connectivity index (χ3n) is 1.02. The minimum atomic E-state index is -3.78. The highest BCUT2D eigenvalue weighted by Gasteiger charge is 2.29. The van der Waals surface area contributed by atoms with Crippen molar-refractivity contribution < 1.29 is 37.5 Å². The predicted octanol–water partition coefficient (Wildman–Crippen LogP) is -3.59. The Hall–Kier alpha value is -0.240. The van der Waals surface area contributed by atoms with Gasteiger partial charge in [-0.2, -0.15) is 0 Å². The van der Waals surface area contributed by atoms with Crippen LogP contribution in [-0.4, -0.2) is 72.4 Å². The largest absolute Gasteiger partial charge is 0.394 e. The molecular weight excluding hydrogens is 168 g/mol. The molecule has 0 aromatic rings. The number of rotatable bonds is 8. The van der Waals surface area contributed by atoms with E-state index >= 15 is 0 Å². The summed E-state index contributed by atoms with van der Waals surface area (Å²) < 4.78 is 56.5. The predicted molar refractivity (Wildman–Crippen MR) is 38.2 cm³/mol. The van der Waals surface area contributed by atoms with Gasteiger partial charge in [0.05, 0.1) is 20.0 Å². The van der Waals surface area contributed by atoms with Crippen molar-refractivity contribution in [3.05, 3.63) is 0 Å². The molecule has 6 N–H and O–H groups in total. The summed E-state index contributed by atoms with van der Waals surface area (Å²) in [6.45, 7) is -4.91. The Labute approximate surface area is 80.8 Å². The summed E-state index contributed by atoms with van der Waals surface area (Å²) in [5.74, 6) is 0. The molecule has 0 aromatic carbocycles. The van der Waals surface area contributed by atoms with Crippen LogP contribution in [0.2, 0.25) is 0 Å². The Balaban J connectivity index is 6.07.